The maximum absolute atomic E-state index is 12.5. The Labute approximate surface area is 156 Å². The summed E-state index contributed by atoms with van der Waals surface area (Å²) in [7, 11) is 1.64. The van der Waals surface area contributed by atoms with E-state index in [0.717, 1.165) is 27.6 Å². The van der Waals surface area contributed by atoms with Crippen molar-refractivity contribution in [2.75, 3.05) is 12.4 Å². The van der Waals surface area contributed by atoms with Crippen LogP contribution in [0.5, 0.6) is 5.75 Å². The number of carbonyl (C=O) groups excluding carboxylic acids is 1. The maximum Gasteiger partial charge on any atom is 0.277 e. The number of carbonyl (C=O) groups is 1. The first-order chi connectivity index (χ1) is 12.4. The molecule has 2 heterocycles. The Morgan fingerprint density at radius 2 is 1.92 bits per heavy atom. The van der Waals surface area contributed by atoms with Crippen LogP contribution in [0.3, 0.4) is 0 Å². The van der Waals surface area contributed by atoms with Crippen molar-refractivity contribution in [2.24, 2.45) is 0 Å². The van der Waals surface area contributed by atoms with Gasteiger partial charge in [-0.15, -0.1) is 11.3 Å². The van der Waals surface area contributed by atoms with Gasteiger partial charge in [0.15, 0.2) is 10.8 Å². The van der Waals surface area contributed by atoms with Gasteiger partial charge >= 0.3 is 0 Å². The molecule has 1 aromatic carbocycles. The van der Waals surface area contributed by atoms with Crippen molar-refractivity contribution in [1.82, 2.24) is 14.8 Å². The summed E-state index contributed by atoms with van der Waals surface area (Å²) in [6.07, 6.45) is 0. The Morgan fingerprint density at radius 3 is 2.50 bits per heavy atom. The largest absolute Gasteiger partial charge is 0.497 e. The fourth-order valence-corrected chi connectivity index (χ4v) is 3.58. The Balaban J connectivity index is 1.80. The van der Waals surface area contributed by atoms with E-state index in [0.29, 0.717) is 10.8 Å². The van der Waals surface area contributed by atoms with E-state index in [1.54, 1.807) is 13.2 Å². The van der Waals surface area contributed by atoms with E-state index in [4.69, 9.17) is 4.74 Å². The summed E-state index contributed by atoms with van der Waals surface area (Å²) in [5, 5.41) is 7.80. The summed E-state index contributed by atoms with van der Waals surface area (Å²) >= 11 is 1.45. The highest BCUT2D eigenvalue weighted by atomic mass is 32.1. The summed E-state index contributed by atoms with van der Waals surface area (Å²) < 4.78 is 7.02. The van der Waals surface area contributed by atoms with Gasteiger partial charge in [0.1, 0.15) is 5.75 Å². The minimum Gasteiger partial charge on any atom is -0.497 e. The van der Waals surface area contributed by atoms with Crippen LogP contribution in [-0.2, 0) is 0 Å². The number of rotatable bonds is 5. The summed E-state index contributed by atoms with van der Waals surface area (Å²) in [4.78, 5) is 18.1. The first-order valence-electron chi connectivity index (χ1n) is 8.38. The van der Waals surface area contributed by atoms with Crippen molar-refractivity contribution in [2.45, 2.75) is 33.7 Å². The topological polar surface area (TPSA) is 69.0 Å². The van der Waals surface area contributed by atoms with Gasteiger partial charge in [0.05, 0.1) is 12.8 Å². The zero-order valence-electron chi connectivity index (χ0n) is 15.5. The molecule has 6 nitrogen and oxygen atoms in total. The van der Waals surface area contributed by atoms with Crippen LogP contribution >= 0.6 is 11.3 Å². The predicted molar refractivity (Wildman–Crippen MR) is 104 cm³/mol. The fraction of sp³-hybridized carbons (Fsp3) is 0.316. The van der Waals surface area contributed by atoms with Crippen molar-refractivity contribution in [3.63, 3.8) is 0 Å². The molecule has 2 aromatic heterocycles. The van der Waals surface area contributed by atoms with Gasteiger partial charge in [-0.1, -0.05) is 0 Å². The molecule has 0 aliphatic heterocycles. The third-order valence-corrected chi connectivity index (χ3v) is 4.91. The molecular formula is C19H22N4O2S. The summed E-state index contributed by atoms with van der Waals surface area (Å²) in [6, 6.07) is 9.71. The molecule has 0 spiro atoms. The van der Waals surface area contributed by atoms with Crippen LogP contribution < -0.4 is 10.1 Å². The highest BCUT2D eigenvalue weighted by Crippen LogP contribution is 2.31. The number of aromatic nitrogens is 3. The molecule has 26 heavy (non-hydrogen) atoms. The molecule has 0 unspecified atom stereocenters. The molecule has 0 atom stereocenters. The van der Waals surface area contributed by atoms with Crippen LogP contribution in [0.4, 0.5) is 5.13 Å². The molecule has 0 aliphatic carbocycles. The number of ether oxygens (including phenoxy) is 1. The zero-order valence-corrected chi connectivity index (χ0v) is 16.3. The predicted octanol–water partition coefficient (Wildman–Crippen LogP) is 4.47. The minimum absolute atomic E-state index is 0.209. The van der Waals surface area contributed by atoms with E-state index in [1.807, 2.05) is 56.6 Å². The quantitative estimate of drug-likeness (QED) is 0.720. The van der Waals surface area contributed by atoms with E-state index in [2.05, 4.69) is 15.4 Å². The molecule has 3 aromatic rings. The molecule has 3 rings (SSSR count). The Bertz CT molecular complexity index is 926. The summed E-state index contributed by atoms with van der Waals surface area (Å²) in [5.74, 6) is 0.550. The van der Waals surface area contributed by atoms with Gasteiger partial charge < -0.3 is 4.74 Å². The van der Waals surface area contributed by atoms with Gasteiger partial charge in [-0.05, 0) is 58.0 Å². The smallest absolute Gasteiger partial charge is 0.277 e. The van der Waals surface area contributed by atoms with Crippen LogP contribution in [0.1, 0.15) is 40.9 Å². The third kappa shape index (κ3) is 3.62. The minimum atomic E-state index is -0.248. The van der Waals surface area contributed by atoms with Crippen LogP contribution in [-0.4, -0.2) is 27.8 Å². The average molecular weight is 370 g/mol. The first-order valence-corrected chi connectivity index (χ1v) is 9.20. The lowest BCUT2D eigenvalue weighted by Crippen LogP contribution is -2.13. The van der Waals surface area contributed by atoms with E-state index in [-0.39, 0.29) is 11.9 Å². The van der Waals surface area contributed by atoms with Crippen molar-refractivity contribution >= 4 is 22.4 Å². The van der Waals surface area contributed by atoms with E-state index < -0.39 is 0 Å². The van der Waals surface area contributed by atoms with E-state index in [1.165, 1.54) is 11.3 Å². The standard InChI is InChI=1S/C19H22N4O2S/c1-11(2)23-12(3)10-16(22-23)18(24)21-19-20-17(13(4)26-19)14-6-8-15(25-5)9-7-14/h6-11H,1-5H3,(H,20,21,24). The van der Waals surface area contributed by atoms with Gasteiger partial charge in [0.2, 0.25) is 0 Å². The normalized spacial score (nSPS) is 11.0. The van der Waals surface area contributed by atoms with E-state index in [9.17, 15) is 4.79 Å². The highest BCUT2D eigenvalue weighted by molar-refractivity contribution is 7.16. The number of methoxy groups -OCH3 is 1. The van der Waals surface area contributed by atoms with Crippen molar-refractivity contribution in [3.8, 4) is 17.0 Å². The second-order valence-corrected chi connectivity index (χ2v) is 7.52. The monoisotopic (exact) mass is 370 g/mol. The molecular weight excluding hydrogens is 348 g/mol. The number of aryl methyl sites for hydroxylation is 2. The third-order valence-electron chi connectivity index (χ3n) is 4.02. The lowest BCUT2D eigenvalue weighted by Gasteiger charge is -2.06. The van der Waals surface area contributed by atoms with Gasteiger partial charge in [0, 0.05) is 22.2 Å². The molecule has 1 N–H and O–H groups in total. The molecule has 7 heteroatoms. The number of hydrogen-bond donors (Lipinski definition) is 1. The molecule has 0 fully saturated rings. The Kier molecular flexibility index (Phi) is 5.08. The molecule has 0 saturated heterocycles. The van der Waals surface area contributed by atoms with Gasteiger partial charge in [-0.25, -0.2) is 4.98 Å². The lowest BCUT2D eigenvalue weighted by atomic mass is 10.1. The molecule has 0 aliphatic rings. The van der Waals surface area contributed by atoms with Crippen LogP contribution in [0.2, 0.25) is 0 Å². The number of nitrogens with one attached hydrogen (secondary N) is 1. The molecule has 0 radical (unpaired) electrons. The van der Waals surface area contributed by atoms with E-state index >= 15 is 0 Å². The molecule has 0 saturated carbocycles. The first kappa shape index (κ1) is 18.1. The second kappa shape index (κ2) is 7.29. The van der Waals surface area contributed by atoms with Gasteiger partial charge in [0.25, 0.3) is 5.91 Å². The number of hydrogen-bond acceptors (Lipinski definition) is 5. The SMILES string of the molecule is COc1ccc(-c2nc(NC(=O)c3cc(C)n(C(C)C)n3)sc2C)cc1. The molecule has 136 valence electrons. The number of nitrogens with zero attached hydrogens (tertiary/aromatic N) is 3. The van der Waals surface area contributed by atoms with Crippen molar-refractivity contribution < 1.29 is 9.53 Å². The summed E-state index contributed by atoms with van der Waals surface area (Å²) in [6.45, 7) is 8.00. The van der Waals surface area contributed by atoms with Crippen LogP contribution in [0, 0.1) is 13.8 Å². The average Bonchev–Trinajstić information content (AvgIpc) is 3.18. The lowest BCUT2D eigenvalue weighted by molar-refractivity contribution is 0.102. The highest BCUT2D eigenvalue weighted by Gasteiger charge is 2.17. The van der Waals surface area contributed by atoms with Gasteiger partial charge in [-0.2, -0.15) is 5.10 Å². The van der Waals surface area contributed by atoms with Crippen LogP contribution in [0.25, 0.3) is 11.3 Å². The van der Waals surface area contributed by atoms with Crippen molar-refractivity contribution in [1.29, 1.82) is 0 Å². The zero-order chi connectivity index (χ0) is 18.8. The number of thiazole rings is 1. The number of anilines is 1. The maximum atomic E-state index is 12.5. The van der Waals surface area contributed by atoms with Crippen molar-refractivity contribution in [3.05, 3.63) is 46.6 Å². The number of benzene rings is 1. The van der Waals surface area contributed by atoms with Crippen LogP contribution in [0.15, 0.2) is 30.3 Å². The Morgan fingerprint density at radius 1 is 1.23 bits per heavy atom. The number of amides is 1. The Hall–Kier alpha value is -2.67. The summed E-state index contributed by atoms with van der Waals surface area (Å²) in [5.41, 5.74) is 3.20. The molecule has 1 amide bonds. The van der Waals surface area contributed by atoms with Gasteiger partial charge in [-0.3, -0.25) is 14.8 Å². The second-order valence-electron chi connectivity index (χ2n) is 6.32. The molecule has 0 bridgehead atoms. The fourth-order valence-electron chi connectivity index (χ4n) is 2.75.